The summed E-state index contributed by atoms with van der Waals surface area (Å²) in [5, 5.41) is 14.2. The molecule has 1 aromatic heterocycles. The number of aromatic nitrogens is 1. The number of oxime groups is 1. The number of carbonyl (C=O) groups is 1. The minimum atomic E-state index is -0.592. The summed E-state index contributed by atoms with van der Waals surface area (Å²) in [6.45, 7) is 0. The second-order valence-corrected chi connectivity index (χ2v) is 4.97. The third kappa shape index (κ3) is 3.29. The fraction of sp³-hybridized carbons (Fsp3) is 0. The van der Waals surface area contributed by atoms with Crippen LogP contribution in [-0.2, 0) is 0 Å². The normalized spacial score (nSPS) is 11.2. The first kappa shape index (κ1) is 14.8. The lowest BCUT2D eigenvalue weighted by Crippen LogP contribution is -2.23. The molecule has 0 aliphatic rings. The highest BCUT2D eigenvalue weighted by Crippen LogP contribution is 2.21. The Bertz CT molecular complexity index is 770. The number of amides is 1. The Balaban J connectivity index is 2.38. The number of halogens is 1. The zero-order valence-corrected chi connectivity index (χ0v) is 12.2. The molecule has 2 aromatic rings. The Kier molecular flexibility index (Phi) is 4.39. The highest BCUT2D eigenvalue weighted by molar-refractivity contribution is 9.10. The number of nitrogens with one attached hydrogen (secondary N) is 2. The molecule has 0 radical (unpaired) electrons. The van der Waals surface area contributed by atoms with E-state index in [0.717, 1.165) is 0 Å². The molecule has 0 bridgehead atoms. The highest BCUT2D eigenvalue weighted by atomic mass is 79.9. The van der Waals surface area contributed by atoms with Crippen molar-refractivity contribution in [1.82, 2.24) is 4.98 Å². The van der Waals surface area contributed by atoms with Gasteiger partial charge in [0.2, 0.25) is 0 Å². The largest absolute Gasteiger partial charge is 0.409 e. The SMILES string of the molecule is N/C(=N/O)c1cc(Br)ccc1NC(=O)c1c[nH]ccc1=O. The van der Waals surface area contributed by atoms with Gasteiger partial charge in [-0.25, -0.2) is 0 Å². The molecule has 0 aliphatic heterocycles. The lowest BCUT2D eigenvalue weighted by molar-refractivity contribution is 0.102. The lowest BCUT2D eigenvalue weighted by Gasteiger charge is -2.10. The summed E-state index contributed by atoms with van der Waals surface area (Å²) in [6.07, 6.45) is 2.74. The Labute approximate surface area is 127 Å². The number of H-pyrrole nitrogens is 1. The van der Waals surface area contributed by atoms with Crippen molar-refractivity contribution < 1.29 is 10.0 Å². The third-order valence-corrected chi connectivity index (χ3v) is 3.18. The van der Waals surface area contributed by atoms with E-state index >= 15 is 0 Å². The third-order valence-electron chi connectivity index (χ3n) is 2.68. The fourth-order valence-corrected chi connectivity index (χ4v) is 2.04. The number of nitrogens with two attached hydrogens (primary N) is 1. The molecule has 7 nitrogen and oxygen atoms in total. The minimum Gasteiger partial charge on any atom is -0.409 e. The average Bonchev–Trinajstić information content (AvgIpc) is 2.48. The maximum Gasteiger partial charge on any atom is 0.261 e. The van der Waals surface area contributed by atoms with E-state index in [0.29, 0.717) is 15.7 Å². The van der Waals surface area contributed by atoms with E-state index in [1.165, 1.54) is 18.5 Å². The number of carbonyl (C=O) groups excluding carboxylic acids is 1. The topological polar surface area (TPSA) is 121 Å². The van der Waals surface area contributed by atoms with Crippen LogP contribution in [0.5, 0.6) is 0 Å². The van der Waals surface area contributed by atoms with E-state index < -0.39 is 11.3 Å². The first-order chi connectivity index (χ1) is 10.0. The van der Waals surface area contributed by atoms with Crippen molar-refractivity contribution >= 4 is 33.4 Å². The van der Waals surface area contributed by atoms with Crippen molar-refractivity contribution in [2.24, 2.45) is 10.9 Å². The van der Waals surface area contributed by atoms with Crippen molar-refractivity contribution in [2.45, 2.75) is 0 Å². The molecule has 0 saturated heterocycles. The van der Waals surface area contributed by atoms with Crippen LogP contribution >= 0.6 is 15.9 Å². The van der Waals surface area contributed by atoms with Crippen LogP contribution in [0.1, 0.15) is 15.9 Å². The van der Waals surface area contributed by atoms with Crippen LogP contribution in [0.15, 0.2) is 51.1 Å². The zero-order valence-electron chi connectivity index (χ0n) is 10.6. The number of rotatable bonds is 3. The van der Waals surface area contributed by atoms with Gasteiger partial charge in [-0.15, -0.1) is 0 Å². The quantitative estimate of drug-likeness (QED) is 0.290. The van der Waals surface area contributed by atoms with Crippen LogP contribution in [0.4, 0.5) is 5.69 Å². The second-order valence-electron chi connectivity index (χ2n) is 4.05. The summed E-state index contributed by atoms with van der Waals surface area (Å²) in [5.74, 6) is -0.750. The monoisotopic (exact) mass is 350 g/mol. The van der Waals surface area contributed by atoms with Crippen molar-refractivity contribution in [3.8, 4) is 0 Å². The van der Waals surface area contributed by atoms with Crippen LogP contribution in [0.3, 0.4) is 0 Å². The molecule has 1 heterocycles. The number of benzene rings is 1. The minimum absolute atomic E-state index is 0.0362. The number of amidine groups is 1. The number of pyridine rings is 1. The zero-order chi connectivity index (χ0) is 15.4. The smallest absolute Gasteiger partial charge is 0.261 e. The molecule has 0 aliphatic carbocycles. The lowest BCUT2D eigenvalue weighted by atomic mass is 10.1. The van der Waals surface area contributed by atoms with Gasteiger partial charge in [-0.2, -0.15) is 0 Å². The number of anilines is 1. The molecule has 108 valence electrons. The van der Waals surface area contributed by atoms with Crippen molar-refractivity contribution in [2.75, 3.05) is 5.32 Å². The van der Waals surface area contributed by atoms with E-state index in [9.17, 15) is 9.59 Å². The molecule has 21 heavy (non-hydrogen) atoms. The van der Waals surface area contributed by atoms with Crippen molar-refractivity contribution in [3.05, 3.63) is 62.5 Å². The van der Waals surface area contributed by atoms with Gasteiger partial charge >= 0.3 is 0 Å². The Hall–Kier alpha value is -2.61. The molecular weight excluding hydrogens is 340 g/mol. The molecule has 0 spiro atoms. The fourth-order valence-electron chi connectivity index (χ4n) is 1.67. The summed E-state index contributed by atoms with van der Waals surface area (Å²) in [4.78, 5) is 26.4. The maximum atomic E-state index is 12.1. The van der Waals surface area contributed by atoms with Gasteiger partial charge in [0.25, 0.3) is 5.91 Å². The molecule has 0 atom stereocenters. The van der Waals surface area contributed by atoms with E-state index in [1.54, 1.807) is 18.2 Å². The number of hydrogen-bond donors (Lipinski definition) is 4. The van der Waals surface area contributed by atoms with Crippen LogP contribution in [0.2, 0.25) is 0 Å². The van der Waals surface area contributed by atoms with Gasteiger partial charge in [-0.1, -0.05) is 21.1 Å². The van der Waals surface area contributed by atoms with Gasteiger partial charge in [-0.3, -0.25) is 9.59 Å². The van der Waals surface area contributed by atoms with Gasteiger partial charge in [-0.05, 0) is 18.2 Å². The number of nitrogens with zero attached hydrogens (tertiary/aromatic N) is 1. The average molecular weight is 351 g/mol. The van der Waals surface area contributed by atoms with Gasteiger partial charge in [0, 0.05) is 28.5 Å². The Morgan fingerprint density at radius 3 is 2.76 bits per heavy atom. The highest BCUT2D eigenvalue weighted by Gasteiger charge is 2.14. The molecule has 5 N–H and O–H groups in total. The van der Waals surface area contributed by atoms with E-state index in [2.05, 4.69) is 31.4 Å². The molecular formula is C13H11BrN4O3. The van der Waals surface area contributed by atoms with Crippen LogP contribution in [0.25, 0.3) is 0 Å². The van der Waals surface area contributed by atoms with E-state index in [1.807, 2.05) is 0 Å². The number of hydrogen-bond acceptors (Lipinski definition) is 4. The maximum absolute atomic E-state index is 12.1. The summed E-state index contributed by atoms with van der Waals surface area (Å²) in [7, 11) is 0. The first-order valence-electron chi connectivity index (χ1n) is 5.79. The Morgan fingerprint density at radius 2 is 2.10 bits per heavy atom. The molecule has 0 saturated carbocycles. The van der Waals surface area contributed by atoms with Crippen LogP contribution in [-0.4, -0.2) is 21.9 Å². The van der Waals surface area contributed by atoms with Crippen LogP contribution < -0.4 is 16.5 Å². The van der Waals surface area contributed by atoms with Crippen molar-refractivity contribution in [3.63, 3.8) is 0 Å². The summed E-state index contributed by atoms with van der Waals surface area (Å²) >= 11 is 3.26. The predicted octanol–water partition coefficient (Wildman–Crippen LogP) is 1.48. The standard InChI is InChI=1S/C13H11BrN4O3/c14-7-1-2-10(8(5-7)12(15)18-21)17-13(20)9-6-16-4-3-11(9)19/h1-6,21H,(H2,15,18)(H,16,19)(H,17,20). The van der Waals surface area contributed by atoms with Crippen LogP contribution in [0, 0.1) is 0 Å². The van der Waals surface area contributed by atoms with Gasteiger partial charge in [0.1, 0.15) is 5.56 Å². The molecule has 8 heteroatoms. The molecule has 2 rings (SSSR count). The molecule has 0 unspecified atom stereocenters. The molecule has 1 amide bonds. The van der Waals surface area contributed by atoms with Gasteiger partial charge in [0.15, 0.2) is 11.3 Å². The van der Waals surface area contributed by atoms with Gasteiger partial charge in [0.05, 0.1) is 5.69 Å². The summed E-state index contributed by atoms with van der Waals surface area (Å²) in [6, 6.07) is 6.09. The first-order valence-corrected chi connectivity index (χ1v) is 6.58. The molecule has 0 fully saturated rings. The molecule has 1 aromatic carbocycles. The number of aromatic amines is 1. The summed E-state index contributed by atoms with van der Waals surface area (Å²) in [5.41, 5.74) is 5.77. The summed E-state index contributed by atoms with van der Waals surface area (Å²) < 4.78 is 0.694. The van der Waals surface area contributed by atoms with Crippen molar-refractivity contribution in [1.29, 1.82) is 0 Å². The van der Waals surface area contributed by atoms with Gasteiger partial charge < -0.3 is 21.2 Å². The van der Waals surface area contributed by atoms with E-state index in [4.69, 9.17) is 10.9 Å². The van der Waals surface area contributed by atoms with E-state index in [-0.39, 0.29) is 11.4 Å². The predicted molar refractivity (Wildman–Crippen MR) is 81.7 cm³/mol. The second kappa shape index (κ2) is 6.23. The Morgan fingerprint density at radius 1 is 1.33 bits per heavy atom.